The minimum atomic E-state index is -0.922. The lowest BCUT2D eigenvalue weighted by Gasteiger charge is -2.30. The molecule has 0 amide bonds. The third-order valence-electron chi connectivity index (χ3n) is 5.38. The zero-order chi connectivity index (χ0) is 17.7. The largest absolute Gasteiger partial charge is 0.365 e. The van der Waals surface area contributed by atoms with Crippen molar-refractivity contribution in [2.45, 2.75) is 12.5 Å². The topological polar surface area (TPSA) is 44.9 Å². The van der Waals surface area contributed by atoms with Gasteiger partial charge in [0.1, 0.15) is 0 Å². The molecule has 3 nitrogen and oxygen atoms in total. The maximum Gasteiger partial charge on any atom is 0.199 e. The number of aryl methyl sites for hydroxylation is 1. The molecule has 1 unspecified atom stereocenters. The van der Waals surface area contributed by atoms with Crippen molar-refractivity contribution in [3.05, 3.63) is 101 Å². The lowest BCUT2D eigenvalue weighted by Crippen LogP contribution is -2.40. The quantitative estimate of drug-likeness (QED) is 0.538. The average molecular weight is 338 g/mol. The molecule has 126 valence electrons. The first-order valence-electron chi connectivity index (χ1n) is 8.76. The van der Waals surface area contributed by atoms with E-state index in [1.807, 2.05) is 66.9 Å². The van der Waals surface area contributed by atoms with E-state index in [2.05, 4.69) is 29.4 Å². The smallest absolute Gasteiger partial charge is 0.199 e. The third-order valence-corrected chi connectivity index (χ3v) is 5.38. The molecule has 26 heavy (non-hydrogen) atoms. The summed E-state index contributed by atoms with van der Waals surface area (Å²) in [6.07, 6.45) is 1.97. The molecule has 0 saturated carbocycles. The molecule has 0 aliphatic carbocycles. The summed E-state index contributed by atoms with van der Waals surface area (Å²) in [4.78, 5) is 17.1. The molecule has 4 aromatic rings. The van der Waals surface area contributed by atoms with Crippen molar-refractivity contribution in [2.75, 3.05) is 5.32 Å². The Kier molecular flexibility index (Phi) is 3.07. The van der Waals surface area contributed by atoms with Crippen LogP contribution in [0.4, 0.5) is 5.69 Å². The predicted molar refractivity (Wildman–Crippen MR) is 105 cm³/mol. The van der Waals surface area contributed by atoms with E-state index in [0.29, 0.717) is 0 Å². The van der Waals surface area contributed by atoms with Gasteiger partial charge in [-0.3, -0.25) is 4.79 Å². The summed E-state index contributed by atoms with van der Waals surface area (Å²) >= 11 is 0. The van der Waals surface area contributed by atoms with Crippen molar-refractivity contribution in [1.82, 2.24) is 4.98 Å². The first kappa shape index (κ1) is 15.0. The Morgan fingerprint density at radius 2 is 1.54 bits per heavy atom. The summed E-state index contributed by atoms with van der Waals surface area (Å²) in [6, 6.07) is 24.0. The van der Waals surface area contributed by atoms with Crippen LogP contribution in [0.1, 0.15) is 27.0 Å². The summed E-state index contributed by atoms with van der Waals surface area (Å²) in [5.74, 6) is 0.0900. The summed E-state index contributed by atoms with van der Waals surface area (Å²) in [5.41, 5.74) is 4.77. The fourth-order valence-electron chi connectivity index (χ4n) is 4.15. The normalized spacial score (nSPS) is 18.7. The van der Waals surface area contributed by atoms with Gasteiger partial charge >= 0.3 is 0 Å². The maximum atomic E-state index is 13.7. The molecule has 1 atom stereocenters. The first-order chi connectivity index (χ1) is 12.7. The van der Waals surface area contributed by atoms with Gasteiger partial charge < -0.3 is 10.3 Å². The number of fused-ring (bicyclic) bond motifs is 2. The molecule has 3 aromatic carbocycles. The Balaban J connectivity index is 1.87. The standard InChI is InChI=1S/C23H18N2O/c1-15-8-2-5-11-18(15)23(19-14-24-20-12-6-3-9-16(19)20)22(26)17-10-4-7-13-21(17)25-23/h2-14,24-25H,1H3. The van der Waals surface area contributed by atoms with Crippen molar-refractivity contribution < 1.29 is 4.79 Å². The van der Waals surface area contributed by atoms with Crippen LogP contribution in [0.15, 0.2) is 79.0 Å². The highest BCUT2D eigenvalue weighted by Crippen LogP contribution is 2.46. The lowest BCUT2D eigenvalue weighted by molar-refractivity contribution is 0.0941. The van der Waals surface area contributed by atoms with E-state index in [9.17, 15) is 4.79 Å². The van der Waals surface area contributed by atoms with E-state index >= 15 is 0 Å². The number of para-hydroxylation sites is 2. The lowest BCUT2D eigenvalue weighted by atomic mass is 9.77. The SMILES string of the molecule is Cc1ccccc1C1(c2c[nH]c3ccccc23)Nc2ccccc2C1=O. The van der Waals surface area contributed by atoms with E-state index in [-0.39, 0.29) is 5.78 Å². The molecule has 0 radical (unpaired) electrons. The Labute approximate surface area is 151 Å². The van der Waals surface area contributed by atoms with Gasteiger partial charge in [-0.05, 0) is 36.2 Å². The fourth-order valence-corrected chi connectivity index (χ4v) is 4.15. The molecule has 2 N–H and O–H groups in total. The fraction of sp³-hybridized carbons (Fsp3) is 0.0870. The minimum Gasteiger partial charge on any atom is -0.365 e. The molecule has 2 heterocycles. The number of Topliss-reactive ketones (excluding diaryl/α,β-unsaturated/α-hetero) is 1. The molecule has 3 heteroatoms. The Bertz CT molecular complexity index is 1160. The van der Waals surface area contributed by atoms with Gasteiger partial charge in [-0.2, -0.15) is 0 Å². The monoisotopic (exact) mass is 338 g/mol. The molecule has 0 bridgehead atoms. The molecule has 0 fully saturated rings. The van der Waals surface area contributed by atoms with E-state index in [4.69, 9.17) is 0 Å². The maximum absolute atomic E-state index is 13.7. The zero-order valence-electron chi connectivity index (χ0n) is 14.4. The number of nitrogens with one attached hydrogen (secondary N) is 2. The molecule has 1 aliphatic rings. The van der Waals surface area contributed by atoms with Crippen LogP contribution in [0, 0.1) is 6.92 Å². The van der Waals surface area contributed by atoms with Crippen molar-refractivity contribution in [3.8, 4) is 0 Å². The van der Waals surface area contributed by atoms with E-state index in [1.165, 1.54) is 0 Å². The van der Waals surface area contributed by atoms with Crippen LogP contribution in [0.3, 0.4) is 0 Å². The number of anilines is 1. The van der Waals surface area contributed by atoms with E-state index in [1.54, 1.807) is 0 Å². The third kappa shape index (κ3) is 1.85. The number of rotatable bonds is 2. The summed E-state index contributed by atoms with van der Waals surface area (Å²) in [5, 5.41) is 4.64. The number of ketones is 1. The molecule has 0 spiro atoms. The van der Waals surface area contributed by atoms with E-state index in [0.717, 1.165) is 38.8 Å². The molecule has 5 rings (SSSR count). The number of aromatic amines is 1. The zero-order valence-corrected chi connectivity index (χ0v) is 14.4. The summed E-state index contributed by atoms with van der Waals surface area (Å²) < 4.78 is 0. The average Bonchev–Trinajstić information content (AvgIpc) is 3.23. The van der Waals surface area contributed by atoms with Crippen LogP contribution < -0.4 is 5.32 Å². The van der Waals surface area contributed by atoms with Gasteiger partial charge in [0.2, 0.25) is 0 Å². The summed E-state index contributed by atoms with van der Waals surface area (Å²) in [7, 11) is 0. The number of carbonyl (C=O) groups excluding carboxylic acids is 1. The van der Waals surface area contributed by atoms with Crippen molar-refractivity contribution in [3.63, 3.8) is 0 Å². The van der Waals surface area contributed by atoms with Gasteiger partial charge in [-0.15, -0.1) is 0 Å². The van der Waals surface area contributed by atoms with Crippen LogP contribution in [-0.4, -0.2) is 10.8 Å². The Morgan fingerprint density at radius 1 is 0.808 bits per heavy atom. The van der Waals surface area contributed by atoms with Gasteiger partial charge in [0.05, 0.1) is 0 Å². The second-order valence-corrected chi connectivity index (χ2v) is 6.81. The first-order valence-corrected chi connectivity index (χ1v) is 8.76. The van der Waals surface area contributed by atoms with Gasteiger partial charge in [0, 0.05) is 33.9 Å². The van der Waals surface area contributed by atoms with Crippen LogP contribution in [0.5, 0.6) is 0 Å². The highest BCUT2D eigenvalue weighted by molar-refractivity contribution is 6.17. The second-order valence-electron chi connectivity index (χ2n) is 6.81. The van der Waals surface area contributed by atoms with Crippen molar-refractivity contribution >= 4 is 22.4 Å². The number of carbonyl (C=O) groups is 1. The number of H-pyrrole nitrogens is 1. The molecule has 1 aliphatic heterocycles. The minimum absolute atomic E-state index is 0.0900. The molecule has 1 aromatic heterocycles. The number of hydrogen-bond donors (Lipinski definition) is 2. The number of aromatic nitrogens is 1. The van der Waals surface area contributed by atoms with Crippen LogP contribution in [-0.2, 0) is 5.54 Å². The van der Waals surface area contributed by atoms with Crippen molar-refractivity contribution in [1.29, 1.82) is 0 Å². The summed E-state index contributed by atoms with van der Waals surface area (Å²) in [6.45, 7) is 2.06. The highest BCUT2D eigenvalue weighted by atomic mass is 16.1. The van der Waals surface area contributed by atoms with Crippen LogP contribution >= 0.6 is 0 Å². The highest BCUT2D eigenvalue weighted by Gasteiger charge is 2.49. The molecule has 0 saturated heterocycles. The number of benzene rings is 3. The van der Waals surface area contributed by atoms with E-state index < -0.39 is 5.54 Å². The number of hydrogen-bond acceptors (Lipinski definition) is 2. The molecular weight excluding hydrogens is 320 g/mol. The predicted octanol–water partition coefficient (Wildman–Crippen LogP) is 5.03. The van der Waals surface area contributed by atoms with Crippen LogP contribution in [0.25, 0.3) is 10.9 Å². The van der Waals surface area contributed by atoms with Gasteiger partial charge in [0.15, 0.2) is 11.3 Å². The van der Waals surface area contributed by atoms with Gasteiger partial charge in [-0.25, -0.2) is 0 Å². The Hall–Kier alpha value is -3.33. The van der Waals surface area contributed by atoms with Gasteiger partial charge in [-0.1, -0.05) is 54.6 Å². The Morgan fingerprint density at radius 3 is 2.38 bits per heavy atom. The van der Waals surface area contributed by atoms with Crippen molar-refractivity contribution in [2.24, 2.45) is 0 Å². The van der Waals surface area contributed by atoms with Crippen LogP contribution in [0.2, 0.25) is 0 Å². The van der Waals surface area contributed by atoms with Gasteiger partial charge in [0.25, 0.3) is 0 Å². The molecular formula is C23H18N2O. The second kappa shape index (κ2) is 5.33.